The minimum absolute atomic E-state index is 0.110. The van der Waals surface area contributed by atoms with Gasteiger partial charge >= 0.3 is 0 Å². The second kappa shape index (κ2) is 7.46. The minimum Gasteiger partial charge on any atom is -0.340 e. The third-order valence-electron chi connectivity index (χ3n) is 2.44. The van der Waals surface area contributed by atoms with Crippen molar-refractivity contribution in [3.05, 3.63) is 12.2 Å². The van der Waals surface area contributed by atoms with E-state index in [1.165, 1.54) is 0 Å². The monoisotopic (exact) mass is 212 g/mol. The molecule has 0 heterocycles. The van der Waals surface area contributed by atoms with Gasteiger partial charge in [-0.1, -0.05) is 6.58 Å². The third kappa shape index (κ3) is 5.57. The normalized spacial score (nSPS) is 10.5. The molecule has 0 atom stereocenters. The van der Waals surface area contributed by atoms with E-state index in [2.05, 4.69) is 11.5 Å². The van der Waals surface area contributed by atoms with Gasteiger partial charge in [-0.05, 0) is 47.3 Å². The van der Waals surface area contributed by atoms with Crippen molar-refractivity contribution in [1.82, 2.24) is 9.80 Å². The summed E-state index contributed by atoms with van der Waals surface area (Å²) in [7, 11) is 4.07. The van der Waals surface area contributed by atoms with Crippen LogP contribution in [0.3, 0.4) is 0 Å². The fourth-order valence-corrected chi connectivity index (χ4v) is 1.45. The molecule has 3 nitrogen and oxygen atoms in total. The highest BCUT2D eigenvalue weighted by molar-refractivity contribution is 5.92. The highest BCUT2D eigenvalue weighted by atomic mass is 16.2. The molecular formula is C12H24N2O. The lowest BCUT2D eigenvalue weighted by Gasteiger charge is -2.20. The Morgan fingerprint density at radius 3 is 2.13 bits per heavy atom. The molecule has 0 aromatic carbocycles. The van der Waals surface area contributed by atoms with E-state index in [1.807, 2.05) is 32.8 Å². The van der Waals surface area contributed by atoms with Gasteiger partial charge < -0.3 is 9.80 Å². The largest absolute Gasteiger partial charge is 0.340 e. The van der Waals surface area contributed by atoms with Gasteiger partial charge in [-0.25, -0.2) is 0 Å². The summed E-state index contributed by atoms with van der Waals surface area (Å²) < 4.78 is 0. The first-order valence-corrected chi connectivity index (χ1v) is 5.64. The zero-order valence-electron chi connectivity index (χ0n) is 10.5. The fraction of sp³-hybridized carbons (Fsp3) is 0.750. The first-order valence-electron chi connectivity index (χ1n) is 5.64. The van der Waals surface area contributed by atoms with Gasteiger partial charge in [0.05, 0.1) is 0 Å². The van der Waals surface area contributed by atoms with Gasteiger partial charge in [0.15, 0.2) is 0 Å². The number of likely N-dealkylation sites (N-methyl/N-ethyl adjacent to an activating group) is 1. The molecule has 0 N–H and O–H groups in total. The summed E-state index contributed by atoms with van der Waals surface area (Å²) in [5.74, 6) is 0.110. The summed E-state index contributed by atoms with van der Waals surface area (Å²) in [5.41, 5.74) is 0.737. The number of carbonyl (C=O) groups excluding carboxylic acids is 1. The van der Waals surface area contributed by atoms with Crippen LogP contribution in [0.5, 0.6) is 0 Å². The average Bonchev–Trinajstić information content (AvgIpc) is 2.18. The summed E-state index contributed by atoms with van der Waals surface area (Å²) in [6, 6.07) is 0. The van der Waals surface area contributed by atoms with Crippen LogP contribution in [0.25, 0.3) is 0 Å². The highest BCUT2D eigenvalue weighted by Crippen LogP contribution is 2.07. The molecule has 88 valence electrons. The first kappa shape index (κ1) is 14.2. The van der Waals surface area contributed by atoms with Crippen LogP contribution < -0.4 is 0 Å². The van der Waals surface area contributed by atoms with Crippen LogP contribution in [0, 0.1) is 0 Å². The highest BCUT2D eigenvalue weighted by Gasteiger charge is 2.12. The van der Waals surface area contributed by atoms with Gasteiger partial charge in [0.2, 0.25) is 5.91 Å². The second-order valence-corrected chi connectivity index (χ2v) is 3.99. The molecule has 0 aromatic heterocycles. The molecule has 0 aromatic rings. The summed E-state index contributed by atoms with van der Waals surface area (Å²) in [6.45, 7) is 10.4. The molecule has 0 fully saturated rings. The molecule has 15 heavy (non-hydrogen) atoms. The van der Waals surface area contributed by atoms with E-state index in [0.717, 1.165) is 38.0 Å². The number of hydrogen-bond donors (Lipinski definition) is 0. The smallest absolute Gasteiger partial charge is 0.249 e. The SMILES string of the molecule is C=C(CCCN(C)C)C(=O)N(CC)CC. The maximum Gasteiger partial charge on any atom is 0.249 e. The molecule has 0 spiro atoms. The zero-order chi connectivity index (χ0) is 11.8. The van der Waals surface area contributed by atoms with Crippen molar-refractivity contribution in [1.29, 1.82) is 0 Å². The van der Waals surface area contributed by atoms with E-state index in [9.17, 15) is 4.79 Å². The van der Waals surface area contributed by atoms with Crippen molar-refractivity contribution in [2.75, 3.05) is 33.7 Å². The summed E-state index contributed by atoms with van der Waals surface area (Å²) in [6.07, 6.45) is 1.80. The Morgan fingerprint density at radius 1 is 1.20 bits per heavy atom. The van der Waals surface area contributed by atoms with Gasteiger partial charge in [-0.15, -0.1) is 0 Å². The van der Waals surface area contributed by atoms with Crippen LogP contribution in [0.1, 0.15) is 26.7 Å². The lowest BCUT2D eigenvalue weighted by atomic mass is 10.1. The van der Waals surface area contributed by atoms with Crippen molar-refractivity contribution in [3.63, 3.8) is 0 Å². The van der Waals surface area contributed by atoms with Gasteiger partial charge in [0.1, 0.15) is 0 Å². The molecule has 0 saturated carbocycles. The Labute approximate surface area is 93.7 Å². The number of amides is 1. The number of nitrogens with zero attached hydrogens (tertiary/aromatic N) is 2. The van der Waals surface area contributed by atoms with Crippen LogP contribution in [0.4, 0.5) is 0 Å². The molecule has 0 bridgehead atoms. The molecule has 1 amide bonds. The maximum atomic E-state index is 11.8. The Morgan fingerprint density at radius 2 is 1.73 bits per heavy atom. The molecule has 0 radical (unpaired) electrons. The Bertz CT molecular complexity index is 208. The van der Waals surface area contributed by atoms with Crippen molar-refractivity contribution >= 4 is 5.91 Å². The van der Waals surface area contributed by atoms with Crippen LogP contribution in [-0.4, -0.2) is 49.4 Å². The predicted molar refractivity (Wildman–Crippen MR) is 64.9 cm³/mol. The molecule has 3 heteroatoms. The third-order valence-corrected chi connectivity index (χ3v) is 2.44. The molecule has 0 aliphatic heterocycles. The Kier molecular flexibility index (Phi) is 7.05. The zero-order valence-corrected chi connectivity index (χ0v) is 10.5. The van der Waals surface area contributed by atoms with Crippen molar-refractivity contribution in [3.8, 4) is 0 Å². The minimum atomic E-state index is 0.110. The first-order chi connectivity index (χ1) is 7.02. The topological polar surface area (TPSA) is 23.6 Å². The summed E-state index contributed by atoms with van der Waals surface area (Å²) in [5, 5.41) is 0. The summed E-state index contributed by atoms with van der Waals surface area (Å²) in [4.78, 5) is 15.7. The van der Waals surface area contributed by atoms with Gasteiger partial charge in [0.25, 0.3) is 0 Å². The van der Waals surface area contributed by atoms with Crippen molar-refractivity contribution in [2.45, 2.75) is 26.7 Å². The molecular weight excluding hydrogens is 188 g/mol. The van der Waals surface area contributed by atoms with Crippen LogP contribution in [0.15, 0.2) is 12.2 Å². The molecule has 0 unspecified atom stereocenters. The van der Waals surface area contributed by atoms with Crippen LogP contribution in [0.2, 0.25) is 0 Å². The number of hydrogen-bond acceptors (Lipinski definition) is 2. The lowest BCUT2D eigenvalue weighted by molar-refractivity contribution is -0.126. The fourth-order valence-electron chi connectivity index (χ4n) is 1.45. The van der Waals surface area contributed by atoms with Gasteiger partial charge in [0, 0.05) is 18.7 Å². The Hall–Kier alpha value is -0.830. The van der Waals surface area contributed by atoms with E-state index in [-0.39, 0.29) is 5.91 Å². The Balaban J connectivity index is 3.93. The van der Waals surface area contributed by atoms with E-state index < -0.39 is 0 Å². The van der Waals surface area contributed by atoms with Crippen molar-refractivity contribution < 1.29 is 4.79 Å². The van der Waals surface area contributed by atoms with E-state index in [4.69, 9.17) is 0 Å². The number of carbonyl (C=O) groups is 1. The average molecular weight is 212 g/mol. The predicted octanol–water partition coefficient (Wildman–Crippen LogP) is 1.75. The molecule has 0 aliphatic rings. The standard InChI is InChI=1S/C12H24N2O/c1-6-14(7-2)12(15)11(3)9-8-10-13(4)5/h3,6-10H2,1-2,4-5H3. The van der Waals surface area contributed by atoms with E-state index in [0.29, 0.717) is 0 Å². The molecule has 0 saturated heterocycles. The van der Waals surface area contributed by atoms with Gasteiger partial charge in [-0.3, -0.25) is 4.79 Å². The van der Waals surface area contributed by atoms with E-state index in [1.54, 1.807) is 0 Å². The number of rotatable bonds is 7. The lowest BCUT2D eigenvalue weighted by Crippen LogP contribution is -2.31. The molecule has 0 aliphatic carbocycles. The maximum absolute atomic E-state index is 11.8. The molecule has 0 rings (SSSR count). The van der Waals surface area contributed by atoms with E-state index >= 15 is 0 Å². The van der Waals surface area contributed by atoms with Crippen LogP contribution >= 0.6 is 0 Å². The van der Waals surface area contributed by atoms with Crippen LogP contribution in [-0.2, 0) is 4.79 Å². The quantitative estimate of drug-likeness (QED) is 0.600. The summed E-state index contributed by atoms with van der Waals surface area (Å²) >= 11 is 0. The van der Waals surface area contributed by atoms with Crippen molar-refractivity contribution in [2.24, 2.45) is 0 Å². The van der Waals surface area contributed by atoms with Gasteiger partial charge in [-0.2, -0.15) is 0 Å². The second-order valence-electron chi connectivity index (χ2n) is 3.99.